The first kappa shape index (κ1) is 22.4. The number of carbonyl (C=O) groups is 2. The summed E-state index contributed by atoms with van der Waals surface area (Å²) in [7, 11) is -0.704. The van der Waals surface area contributed by atoms with Gasteiger partial charge in [0.05, 0.1) is 22.2 Å². The maximum absolute atomic E-state index is 12.8. The van der Waals surface area contributed by atoms with Crippen molar-refractivity contribution in [3.05, 3.63) is 58.4 Å². The maximum atomic E-state index is 12.8. The van der Waals surface area contributed by atoms with Crippen LogP contribution in [0.15, 0.2) is 52.4 Å². The van der Waals surface area contributed by atoms with E-state index in [0.29, 0.717) is 4.80 Å². The Hall–Kier alpha value is -2.82. The van der Waals surface area contributed by atoms with E-state index in [2.05, 4.69) is 4.99 Å². The van der Waals surface area contributed by atoms with Gasteiger partial charge in [-0.25, -0.2) is 8.42 Å². The number of aromatic nitrogens is 1. The van der Waals surface area contributed by atoms with E-state index in [9.17, 15) is 18.0 Å². The van der Waals surface area contributed by atoms with Gasteiger partial charge in [-0.1, -0.05) is 17.4 Å². The number of esters is 1. The van der Waals surface area contributed by atoms with Gasteiger partial charge in [-0.15, -0.1) is 0 Å². The Balaban J connectivity index is 1.68. The van der Waals surface area contributed by atoms with Crippen LogP contribution in [0.1, 0.15) is 28.8 Å². The van der Waals surface area contributed by atoms with Crippen molar-refractivity contribution < 1.29 is 22.7 Å². The molecule has 32 heavy (non-hydrogen) atoms. The third kappa shape index (κ3) is 4.38. The Morgan fingerprint density at radius 2 is 1.88 bits per heavy atom. The molecule has 2 aromatic carbocycles. The molecule has 0 unspecified atom stereocenters. The van der Waals surface area contributed by atoms with Crippen LogP contribution in [-0.2, 0) is 26.1 Å². The summed E-state index contributed by atoms with van der Waals surface area (Å²) in [6.07, 6.45) is 1.73. The van der Waals surface area contributed by atoms with Crippen LogP contribution in [0.2, 0.25) is 0 Å². The fourth-order valence-electron chi connectivity index (χ4n) is 3.33. The number of thiazole rings is 1. The average Bonchev–Trinajstić information content (AvgIpc) is 3.57. The SMILES string of the molecule is COC(=O)Cn1c(=NC(=O)c2ccc(S(=O)(=O)N(C)C3CC3)cc2)sc2cc(C)ccc21. The van der Waals surface area contributed by atoms with E-state index in [1.54, 1.807) is 11.6 Å². The highest BCUT2D eigenvalue weighted by Crippen LogP contribution is 2.30. The smallest absolute Gasteiger partial charge is 0.325 e. The maximum Gasteiger partial charge on any atom is 0.325 e. The lowest BCUT2D eigenvalue weighted by Gasteiger charge is -2.16. The molecule has 168 valence electrons. The van der Waals surface area contributed by atoms with Gasteiger partial charge in [0.25, 0.3) is 5.91 Å². The number of rotatable bonds is 6. The zero-order valence-corrected chi connectivity index (χ0v) is 19.6. The van der Waals surface area contributed by atoms with Crippen molar-refractivity contribution in [1.29, 1.82) is 0 Å². The molecule has 4 rings (SSSR count). The van der Waals surface area contributed by atoms with Crippen LogP contribution < -0.4 is 4.80 Å². The number of carbonyl (C=O) groups excluding carboxylic acids is 2. The minimum atomic E-state index is -3.58. The molecule has 1 aliphatic carbocycles. The molecule has 0 saturated heterocycles. The molecule has 3 aromatic rings. The van der Waals surface area contributed by atoms with Crippen molar-refractivity contribution in [2.45, 2.75) is 37.2 Å². The minimum Gasteiger partial charge on any atom is -0.468 e. The van der Waals surface area contributed by atoms with E-state index in [-0.39, 0.29) is 23.0 Å². The summed E-state index contributed by atoms with van der Waals surface area (Å²) >= 11 is 1.30. The molecule has 8 nitrogen and oxygen atoms in total. The molecule has 0 N–H and O–H groups in total. The monoisotopic (exact) mass is 473 g/mol. The highest BCUT2D eigenvalue weighted by atomic mass is 32.2. The second-order valence-electron chi connectivity index (χ2n) is 7.71. The summed E-state index contributed by atoms with van der Waals surface area (Å²) in [5.41, 5.74) is 2.09. The third-order valence-electron chi connectivity index (χ3n) is 5.39. The predicted octanol–water partition coefficient (Wildman–Crippen LogP) is 2.71. The topological polar surface area (TPSA) is 98.0 Å². The van der Waals surface area contributed by atoms with Crippen LogP contribution in [0.5, 0.6) is 0 Å². The number of methoxy groups -OCH3 is 1. The van der Waals surface area contributed by atoms with E-state index in [1.165, 1.54) is 47.0 Å². The molecule has 0 spiro atoms. The van der Waals surface area contributed by atoms with Crippen LogP contribution >= 0.6 is 11.3 Å². The first-order valence-electron chi connectivity index (χ1n) is 10.0. The Kier molecular flexibility index (Phi) is 6.02. The molecule has 1 aromatic heterocycles. The summed E-state index contributed by atoms with van der Waals surface area (Å²) in [4.78, 5) is 29.5. The number of sulfonamides is 1. The average molecular weight is 474 g/mol. The number of nitrogens with zero attached hydrogens (tertiary/aromatic N) is 3. The van der Waals surface area contributed by atoms with Crippen LogP contribution in [0.25, 0.3) is 10.2 Å². The van der Waals surface area contributed by atoms with Gasteiger partial charge in [-0.3, -0.25) is 9.59 Å². The number of benzene rings is 2. The highest BCUT2D eigenvalue weighted by molar-refractivity contribution is 7.89. The molecule has 10 heteroatoms. The minimum absolute atomic E-state index is 0.0539. The number of amides is 1. The molecule has 1 heterocycles. The first-order valence-corrected chi connectivity index (χ1v) is 12.3. The second kappa shape index (κ2) is 8.61. The quantitative estimate of drug-likeness (QED) is 0.513. The van der Waals surface area contributed by atoms with E-state index < -0.39 is 21.9 Å². The second-order valence-corrected chi connectivity index (χ2v) is 10.7. The predicted molar refractivity (Wildman–Crippen MR) is 121 cm³/mol. The van der Waals surface area contributed by atoms with Crippen molar-refractivity contribution in [1.82, 2.24) is 8.87 Å². The first-order chi connectivity index (χ1) is 15.2. The molecule has 0 aliphatic heterocycles. The Bertz CT molecular complexity index is 1370. The fourth-order valence-corrected chi connectivity index (χ4v) is 5.88. The van der Waals surface area contributed by atoms with Crippen LogP contribution in [0.3, 0.4) is 0 Å². The van der Waals surface area contributed by atoms with Crippen molar-refractivity contribution in [2.75, 3.05) is 14.2 Å². The largest absolute Gasteiger partial charge is 0.468 e. The summed E-state index contributed by atoms with van der Waals surface area (Å²) in [5.74, 6) is -0.972. The number of hydrogen-bond donors (Lipinski definition) is 0. The lowest BCUT2D eigenvalue weighted by atomic mass is 10.2. The number of aryl methyl sites for hydroxylation is 1. The number of fused-ring (bicyclic) bond motifs is 1. The molecule has 1 aliphatic rings. The van der Waals surface area contributed by atoms with Gasteiger partial charge in [0.1, 0.15) is 6.54 Å². The standard InChI is InChI=1S/C22H23N3O5S2/c1-14-4-11-18-19(12-14)31-22(25(18)13-20(26)30-3)23-21(27)15-5-9-17(10-6-15)32(28,29)24(2)16-7-8-16/h4-6,9-12,16H,7-8,13H2,1-3H3. The highest BCUT2D eigenvalue weighted by Gasteiger charge is 2.35. The van der Waals surface area contributed by atoms with Crippen molar-refractivity contribution >= 4 is 43.5 Å². The zero-order valence-electron chi connectivity index (χ0n) is 17.9. The van der Waals surface area contributed by atoms with Crippen molar-refractivity contribution in [2.24, 2.45) is 4.99 Å². The Morgan fingerprint density at radius 3 is 2.50 bits per heavy atom. The Labute approximate surface area is 189 Å². The molecule has 1 fully saturated rings. The fraction of sp³-hybridized carbons (Fsp3) is 0.318. The van der Waals surface area contributed by atoms with Crippen LogP contribution in [0, 0.1) is 6.92 Å². The van der Waals surface area contributed by atoms with E-state index in [0.717, 1.165) is 28.6 Å². The van der Waals surface area contributed by atoms with Gasteiger partial charge in [-0.2, -0.15) is 9.30 Å². The van der Waals surface area contributed by atoms with Crippen molar-refractivity contribution in [3.63, 3.8) is 0 Å². The third-order valence-corrected chi connectivity index (χ3v) is 8.36. The van der Waals surface area contributed by atoms with Gasteiger partial charge in [0, 0.05) is 18.7 Å². The molecule has 0 atom stereocenters. The van der Waals surface area contributed by atoms with Gasteiger partial charge < -0.3 is 9.30 Å². The molecular formula is C22H23N3O5S2. The van der Waals surface area contributed by atoms with Gasteiger partial charge >= 0.3 is 5.97 Å². The summed E-state index contributed by atoms with van der Waals surface area (Å²) in [6, 6.07) is 11.6. The van der Waals surface area contributed by atoms with E-state index in [1.807, 2.05) is 25.1 Å². The number of hydrogen-bond acceptors (Lipinski definition) is 6. The molecule has 1 amide bonds. The van der Waals surface area contributed by atoms with E-state index >= 15 is 0 Å². The van der Waals surface area contributed by atoms with Crippen molar-refractivity contribution in [3.8, 4) is 0 Å². The van der Waals surface area contributed by atoms with Crippen LogP contribution in [0.4, 0.5) is 0 Å². The zero-order chi connectivity index (χ0) is 23.0. The summed E-state index contributed by atoms with van der Waals surface area (Å²) < 4.78 is 34.0. The van der Waals surface area contributed by atoms with Crippen LogP contribution in [-0.4, -0.2) is 49.4 Å². The molecule has 0 radical (unpaired) electrons. The van der Waals surface area contributed by atoms with Gasteiger partial charge in [-0.05, 0) is 61.7 Å². The molecule has 0 bridgehead atoms. The summed E-state index contributed by atoms with van der Waals surface area (Å²) in [6.45, 7) is 1.89. The summed E-state index contributed by atoms with van der Waals surface area (Å²) in [5, 5.41) is 0. The van der Waals surface area contributed by atoms with Gasteiger partial charge in [0.2, 0.25) is 10.0 Å². The Morgan fingerprint density at radius 1 is 1.19 bits per heavy atom. The lowest BCUT2D eigenvalue weighted by Crippen LogP contribution is -2.28. The molecule has 1 saturated carbocycles. The van der Waals surface area contributed by atoms with Gasteiger partial charge in [0.15, 0.2) is 4.80 Å². The number of ether oxygens (including phenoxy) is 1. The van der Waals surface area contributed by atoms with E-state index in [4.69, 9.17) is 4.74 Å². The molecular weight excluding hydrogens is 450 g/mol. The normalized spacial score (nSPS) is 14.8. The lowest BCUT2D eigenvalue weighted by molar-refractivity contribution is -0.141.